The fourth-order valence-corrected chi connectivity index (χ4v) is 3.74. The zero-order valence-corrected chi connectivity index (χ0v) is 16.2. The summed E-state index contributed by atoms with van der Waals surface area (Å²) in [6.45, 7) is 0. The topological polar surface area (TPSA) is 59.3 Å². The summed E-state index contributed by atoms with van der Waals surface area (Å²) in [7, 11) is 0. The van der Waals surface area contributed by atoms with Crippen LogP contribution in [-0.4, -0.2) is 21.9 Å². The Morgan fingerprint density at radius 1 is 1.23 bits per heavy atom. The number of carboxylic acid groups (broad SMARTS) is 1. The molecule has 134 valence electrons. The lowest BCUT2D eigenvalue weighted by Crippen LogP contribution is -2.18. The lowest BCUT2D eigenvalue weighted by molar-refractivity contribution is 0.0695. The molecule has 1 aromatic heterocycles. The van der Waals surface area contributed by atoms with Gasteiger partial charge < -0.3 is 9.67 Å². The van der Waals surface area contributed by atoms with Gasteiger partial charge in [0.1, 0.15) is 5.56 Å². The van der Waals surface area contributed by atoms with E-state index in [1.54, 1.807) is 28.5 Å². The molecule has 0 saturated heterocycles. The van der Waals surface area contributed by atoms with E-state index in [0.717, 1.165) is 11.1 Å². The van der Waals surface area contributed by atoms with E-state index in [4.69, 9.17) is 23.2 Å². The first-order chi connectivity index (χ1) is 12.4. The van der Waals surface area contributed by atoms with Gasteiger partial charge in [0.25, 0.3) is 0 Å². The van der Waals surface area contributed by atoms with Crippen molar-refractivity contribution in [1.29, 1.82) is 0 Å². The van der Waals surface area contributed by atoms with Gasteiger partial charge in [-0.2, -0.15) is 0 Å². The van der Waals surface area contributed by atoms with Crippen LogP contribution in [0.2, 0.25) is 10.0 Å². The lowest BCUT2D eigenvalue weighted by Gasteiger charge is -2.12. The molecule has 0 atom stereocenters. The third-order valence-electron chi connectivity index (χ3n) is 4.07. The molecule has 0 bridgehead atoms. The molecule has 3 aromatic rings. The summed E-state index contributed by atoms with van der Waals surface area (Å²) in [6.07, 6.45) is 3.81. The number of fused-ring (bicyclic) bond motifs is 1. The van der Waals surface area contributed by atoms with Crippen LogP contribution in [0.25, 0.3) is 10.9 Å². The Kier molecular flexibility index (Phi) is 5.61. The average molecular weight is 408 g/mol. The zero-order valence-electron chi connectivity index (χ0n) is 13.8. The van der Waals surface area contributed by atoms with Crippen molar-refractivity contribution in [2.75, 3.05) is 6.26 Å². The van der Waals surface area contributed by atoms with Crippen LogP contribution in [0.3, 0.4) is 0 Å². The number of carboxylic acids is 1. The minimum atomic E-state index is -1.23. The fourth-order valence-electron chi connectivity index (χ4n) is 2.86. The summed E-state index contributed by atoms with van der Waals surface area (Å²) in [5, 5.41) is 10.7. The summed E-state index contributed by atoms with van der Waals surface area (Å²) < 4.78 is 1.78. The molecule has 3 rings (SSSR count). The molecule has 0 aliphatic rings. The third kappa shape index (κ3) is 3.61. The van der Waals surface area contributed by atoms with Crippen LogP contribution in [0.5, 0.6) is 0 Å². The van der Waals surface area contributed by atoms with E-state index in [9.17, 15) is 14.7 Å². The Hall–Kier alpha value is -1.95. The minimum absolute atomic E-state index is 0.232. The maximum absolute atomic E-state index is 12.6. The number of rotatable bonds is 5. The summed E-state index contributed by atoms with van der Waals surface area (Å²) in [6, 6.07) is 10.9. The van der Waals surface area contributed by atoms with Crippen molar-refractivity contribution in [1.82, 2.24) is 4.57 Å². The van der Waals surface area contributed by atoms with Gasteiger partial charge in [0.2, 0.25) is 5.43 Å². The quantitative estimate of drug-likeness (QED) is 0.651. The van der Waals surface area contributed by atoms with Crippen molar-refractivity contribution in [3.8, 4) is 0 Å². The third-order valence-corrected chi connectivity index (χ3v) is 5.46. The van der Waals surface area contributed by atoms with Crippen LogP contribution < -0.4 is 5.43 Å². The first-order valence-electron chi connectivity index (χ1n) is 7.73. The Labute approximate surface area is 164 Å². The van der Waals surface area contributed by atoms with E-state index < -0.39 is 11.4 Å². The van der Waals surface area contributed by atoms with E-state index >= 15 is 0 Å². The van der Waals surface area contributed by atoms with Gasteiger partial charge in [0.05, 0.1) is 21.4 Å². The highest BCUT2D eigenvalue weighted by molar-refractivity contribution is 7.97. The molecule has 1 heterocycles. The Morgan fingerprint density at radius 3 is 2.69 bits per heavy atom. The van der Waals surface area contributed by atoms with Gasteiger partial charge in [-0.15, -0.1) is 11.8 Å². The summed E-state index contributed by atoms with van der Waals surface area (Å²) in [5.41, 5.74) is 1.69. The number of thioether (sulfide) groups is 1. The number of nitrogens with zero attached hydrogens (tertiary/aromatic N) is 1. The number of halogens is 2. The predicted molar refractivity (Wildman–Crippen MR) is 108 cm³/mol. The second-order valence-corrected chi connectivity index (χ2v) is 7.43. The number of aromatic nitrogens is 1. The SMILES string of the molecule is CSCn1cc(C(=O)O)c(=O)c2cc(Cc3cccc(Cl)c3Cl)ccc21. The highest BCUT2D eigenvalue weighted by Crippen LogP contribution is 2.28. The van der Waals surface area contributed by atoms with Gasteiger partial charge in [-0.05, 0) is 42.0 Å². The monoisotopic (exact) mass is 407 g/mol. The number of carbonyl (C=O) groups is 1. The lowest BCUT2D eigenvalue weighted by atomic mass is 10.0. The number of pyridine rings is 1. The number of aromatic carboxylic acids is 1. The standard InChI is InChI=1S/C19H15Cl2NO3S/c1-26-10-22-9-14(19(24)25)18(23)13-8-11(5-6-16(13)22)7-12-3-2-4-15(20)17(12)21/h2-6,8-9H,7,10H2,1H3,(H,24,25). The Bertz CT molecular complexity index is 1060. The van der Waals surface area contributed by atoms with Crippen LogP contribution >= 0.6 is 35.0 Å². The van der Waals surface area contributed by atoms with Gasteiger partial charge >= 0.3 is 5.97 Å². The van der Waals surface area contributed by atoms with Crippen LogP contribution in [0.1, 0.15) is 21.5 Å². The summed E-state index contributed by atoms with van der Waals surface area (Å²) >= 11 is 13.8. The van der Waals surface area contributed by atoms with Gasteiger partial charge in [-0.3, -0.25) is 4.79 Å². The normalized spacial score (nSPS) is 11.0. The molecule has 0 spiro atoms. The smallest absolute Gasteiger partial charge is 0.341 e. The van der Waals surface area contributed by atoms with Gasteiger partial charge in [0.15, 0.2) is 0 Å². The molecular formula is C19H15Cl2NO3S. The van der Waals surface area contributed by atoms with Crippen LogP contribution in [0.15, 0.2) is 47.4 Å². The molecule has 0 amide bonds. The first kappa shape index (κ1) is 18.8. The largest absolute Gasteiger partial charge is 0.477 e. The van der Waals surface area contributed by atoms with Crippen LogP contribution in [-0.2, 0) is 12.3 Å². The van der Waals surface area contributed by atoms with E-state index in [1.807, 2.05) is 30.5 Å². The summed E-state index contributed by atoms with van der Waals surface area (Å²) in [5.74, 6) is -0.675. The first-order valence-corrected chi connectivity index (χ1v) is 9.88. The molecule has 0 radical (unpaired) electrons. The van der Waals surface area contributed by atoms with E-state index in [1.165, 1.54) is 6.20 Å². The molecule has 0 aliphatic carbocycles. The second-order valence-electron chi connectivity index (χ2n) is 5.81. The maximum atomic E-state index is 12.6. The average Bonchev–Trinajstić information content (AvgIpc) is 2.61. The fraction of sp³-hybridized carbons (Fsp3) is 0.158. The van der Waals surface area contributed by atoms with E-state index in [2.05, 4.69) is 0 Å². The van der Waals surface area contributed by atoms with Crippen molar-refractivity contribution in [2.45, 2.75) is 12.3 Å². The van der Waals surface area contributed by atoms with Gasteiger partial charge in [-0.1, -0.05) is 41.4 Å². The van der Waals surface area contributed by atoms with Crippen LogP contribution in [0.4, 0.5) is 0 Å². The Balaban J connectivity index is 2.15. The highest BCUT2D eigenvalue weighted by Gasteiger charge is 2.15. The molecule has 2 aromatic carbocycles. The molecule has 4 nitrogen and oxygen atoms in total. The van der Waals surface area contributed by atoms with Crippen LogP contribution in [0, 0.1) is 0 Å². The molecule has 0 fully saturated rings. The van der Waals surface area contributed by atoms with E-state index in [0.29, 0.717) is 33.2 Å². The van der Waals surface area contributed by atoms with Crippen molar-refractivity contribution < 1.29 is 9.90 Å². The molecule has 7 heteroatoms. The number of hydrogen-bond acceptors (Lipinski definition) is 3. The van der Waals surface area contributed by atoms with Crippen molar-refractivity contribution >= 4 is 51.8 Å². The van der Waals surface area contributed by atoms with Crippen molar-refractivity contribution in [3.63, 3.8) is 0 Å². The maximum Gasteiger partial charge on any atom is 0.341 e. The molecule has 0 unspecified atom stereocenters. The number of benzene rings is 2. The van der Waals surface area contributed by atoms with E-state index in [-0.39, 0.29) is 5.56 Å². The minimum Gasteiger partial charge on any atom is -0.477 e. The molecule has 26 heavy (non-hydrogen) atoms. The molecule has 0 aliphatic heterocycles. The predicted octanol–water partition coefficient (Wildman–Crippen LogP) is 4.92. The number of hydrogen-bond donors (Lipinski definition) is 1. The molecule has 1 N–H and O–H groups in total. The molecule has 0 saturated carbocycles. The molecular weight excluding hydrogens is 393 g/mol. The zero-order chi connectivity index (χ0) is 18.8. The van der Waals surface area contributed by atoms with Crippen molar-refractivity contribution in [3.05, 3.63) is 79.6 Å². The van der Waals surface area contributed by atoms with Gasteiger partial charge in [0, 0.05) is 11.6 Å². The Morgan fingerprint density at radius 2 is 2.00 bits per heavy atom. The van der Waals surface area contributed by atoms with Gasteiger partial charge in [-0.25, -0.2) is 4.79 Å². The highest BCUT2D eigenvalue weighted by atomic mass is 35.5. The summed E-state index contributed by atoms with van der Waals surface area (Å²) in [4.78, 5) is 24.0. The second kappa shape index (κ2) is 7.74. The van der Waals surface area contributed by atoms with Crippen molar-refractivity contribution in [2.24, 2.45) is 0 Å².